The van der Waals surface area contributed by atoms with Crippen LogP contribution in [0.1, 0.15) is 63.6 Å². The van der Waals surface area contributed by atoms with Gasteiger partial charge in [-0.15, -0.1) is 32.9 Å². The number of carbonyl (C=O) groups is 1. The van der Waals surface area contributed by atoms with Crippen molar-refractivity contribution in [3.05, 3.63) is 73.8 Å². The van der Waals surface area contributed by atoms with Gasteiger partial charge in [0.15, 0.2) is 5.82 Å². The van der Waals surface area contributed by atoms with Gasteiger partial charge in [-0.25, -0.2) is 0 Å². The zero-order valence-corrected chi connectivity index (χ0v) is 20.9. The zero-order valence-electron chi connectivity index (χ0n) is 19.2. The van der Waals surface area contributed by atoms with Crippen LogP contribution in [0.4, 0.5) is 0 Å². The Morgan fingerprint density at radius 2 is 1.82 bits per heavy atom. The fourth-order valence-corrected chi connectivity index (χ4v) is 6.46. The molecule has 0 aliphatic carbocycles. The largest absolute Gasteiger partial charge is 0.481 e. The fraction of sp³-hybridized carbons (Fsp3) is 0.280. The number of hydrogen-bond donors (Lipinski definition) is 2. The molecule has 2 atom stereocenters. The number of aliphatic hydroxyl groups excluding tert-OH is 1. The summed E-state index contributed by atoms with van der Waals surface area (Å²) in [6.45, 7) is 7.81. The van der Waals surface area contributed by atoms with Crippen LogP contribution in [-0.2, 0) is 4.79 Å². The lowest BCUT2D eigenvalue weighted by molar-refractivity contribution is -0.137. The Hall–Kier alpha value is -3.14. The first kappa shape index (κ1) is 22.6. The summed E-state index contributed by atoms with van der Waals surface area (Å²) in [5.41, 5.74) is 5.82. The quantitative estimate of drug-likeness (QED) is 0.388. The van der Waals surface area contributed by atoms with Crippen LogP contribution in [0.15, 0.2) is 40.7 Å². The van der Waals surface area contributed by atoms with Gasteiger partial charge in [-0.05, 0) is 55.8 Å². The minimum Gasteiger partial charge on any atom is -0.481 e. The minimum atomic E-state index is -0.933. The summed E-state index contributed by atoms with van der Waals surface area (Å²) in [5, 5.41) is 31.2. The second kappa shape index (κ2) is 8.57. The molecule has 4 aromatic rings. The lowest BCUT2D eigenvalue weighted by atomic mass is 9.97. The Kier molecular flexibility index (Phi) is 5.71. The highest BCUT2D eigenvalue weighted by Gasteiger charge is 2.32. The summed E-state index contributed by atoms with van der Waals surface area (Å²) in [4.78, 5) is 18.8. The van der Waals surface area contributed by atoms with E-state index in [4.69, 9.17) is 4.99 Å². The third-order valence-electron chi connectivity index (χ3n) is 6.15. The molecule has 2 N–H and O–H groups in total. The zero-order chi connectivity index (χ0) is 24.1. The second-order valence-corrected chi connectivity index (χ2v) is 10.6. The molecule has 0 radical (unpaired) electrons. The molecule has 0 fully saturated rings. The maximum atomic E-state index is 11.7. The first-order chi connectivity index (χ1) is 16.3. The van der Waals surface area contributed by atoms with E-state index in [0.29, 0.717) is 11.6 Å². The van der Waals surface area contributed by atoms with Gasteiger partial charge in [-0.1, -0.05) is 24.3 Å². The van der Waals surface area contributed by atoms with E-state index >= 15 is 0 Å². The molecule has 0 spiro atoms. The molecule has 1 aliphatic heterocycles. The maximum absolute atomic E-state index is 11.7. The highest BCUT2D eigenvalue weighted by Crippen LogP contribution is 2.40. The van der Waals surface area contributed by atoms with Crippen LogP contribution in [0.2, 0.25) is 0 Å². The Balaban J connectivity index is 1.68. The number of benzene rings is 1. The predicted molar refractivity (Wildman–Crippen MR) is 134 cm³/mol. The Morgan fingerprint density at radius 3 is 2.50 bits per heavy atom. The van der Waals surface area contributed by atoms with Crippen LogP contribution in [0.5, 0.6) is 0 Å². The summed E-state index contributed by atoms with van der Waals surface area (Å²) in [6.07, 6.45) is -0.699. The molecule has 0 saturated carbocycles. The number of aryl methyl sites for hydroxylation is 2. The number of aliphatic carboxylic acids is 1. The van der Waals surface area contributed by atoms with Crippen LogP contribution in [0.3, 0.4) is 0 Å². The van der Waals surface area contributed by atoms with E-state index < -0.39 is 18.1 Å². The van der Waals surface area contributed by atoms with Gasteiger partial charge in [0.25, 0.3) is 0 Å². The van der Waals surface area contributed by atoms with Gasteiger partial charge in [0.1, 0.15) is 16.9 Å². The molecule has 1 aliphatic rings. The molecular weight excluding hydrogens is 468 g/mol. The van der Waals surface area contributed by atoms with Crippen LogP contribution in [0, 0.1) is 20.8 Å². The topological polar surface area (TPSA) is 101 Å². The Labute approximate surface area is 205 Å². The lowest BCUT2D eigenvalue weighted by Gasteiger charge is -2.12. The molecular formula is C25H24N4O3S2. The van der Waals surface area contributed by atoms with Crippen molar-refractivity contribution in [1.29, 1.82) is 0 Å². The minimum absolute atomic E-state index is 0.167. The van der Waals surface area contributed by atoms with E-state index in [9.17, 15) is 15.0 Å². The van der Waals surface area contributed by atoms with Gasteiger partial charge in [0.2, 0.25) is 0 Å². The molecule has 0 saturated heterocycles. The molecule has 4 heterocycles. The number of fused-ring (bicyclic) bond motifs is 3. The summed E-state index contributed by atoms with van der Waals surface area (Å²) < 4.78 is 1.96. The highest BCUT2D eigenvalue weighted by molar-refractivity contribution is 7.15. The van der Waals surface area contributed by atoms with Crippen molar-refractivity contribution in [3.63, 3.8) is 0 Å². The average Bonchev–Trinajstić information content (AvgIpc) is 3.48. The van der Waals surface area contributed by atoms with Crippen molar-refractivity contribution >= 4 is 34.4 Å². The van der Waals surface area contributed by atoms with Crippen molar-refractivity contribution in [2.24, 2.45) is 4.99 Å². The van der Waals surface area contributed by atoms with E-state index in [1.807, 2.05) is 47.2 Å². The molecule has 1 aromatic carbocycles. The number of hydrogen-bond acceptors (Lipinski definition) is 7. The Morgan fingerprint density at radius 1 is 1.12 bits per heavy atom. The van der Waals surface area contributed by atoms with Crippen LogP contribution in [-0.4, -0.2) is 36.7 Å². The lowest BCUT2D eigenvalue weighted by Crippen LogP contribution is -2.10. The SMILES string of the molecule is Cc1sc2c(c1C)C(c1ccc(-c3ccsc3C(C)O)cc1)=N[C@@H](CC(=O)O)c1nnc(C)n1-2. The number of aliphatic imine (C=N–C) groups is 1. The maximum Gasteiger partial charge on any atom is 0.306 e. The number of carboxylic acids is 1. The fourth-order valence-electron chi connectivity index (χ4n) is 4.38. The third kappa shape index (κ3) is 3.70. The van der Waals surface area contributed by atoms with Gasteiger partial charge < -0.3 is 10.2 Å². The van der Waals surface area contributed by atoms with E-state index in [0.717, 1.165) is 43.4 Å². The molecule has 0 amide bonds. The van der Waals surface area contributed by atoms with Crippen LogP contribution in [0.25, 0.3) is 16.1 Å². The molecule has 0 bridgehead atoms. The molecule has 3 aromatic heterocycles. The summed E-state index contributed by atoms with van der Waals surface area (Å²) in [6, 6.07) is 9.47. The number of carboxylic acid groups (broad SMARTS) is 1. The van der Waals surface area contributed by atoms with E-state index in [-0.39, 0.29) is 6.42 Å². The number of aromatic nitrogens is 3. The number of nitrogens with zero attached hydrogens (tertiary/aromatic N) is 4. The van der Waals surface area contributed by atoms with E-state index in [1.165, 1.54) is 4.88 Å². The van der Waals surface area contributed by atoms with E-state index in [1.54, 1.807) is 29.6 Å². The summed E-state index contributed by atoms with van der Waals surface area (Å²) >= 11 is 3.19. The van der Waals surface area contributed by atoms with Crippen molar-refractivity contribution in [3.8, 4) is 16.1 Å². The highest BCUT2D eigenvalue weighted by atomic mass is 32.1. The van der Waals surface area contributed by atoms with Crippen molar-refractivity contribution in [2.75, 3.05) is 0 Å². The predicted octanol–water partition coefficient (Wildman–Crippen LogP) is 5.40. The first-order valence-corrected chi connectivity index (χ1v) is 12.6. The number of rotatable bonds is 5. The summed E-state index contributed by atoms with van der Waals surface area (Å²) in [7, 11) is 0. The molecule has 174 valence electrons. The van der Waals surface area contributed by atoms with Crippen LogP contribution >= 0.6 is 22.7 Å². The van der Waals surface area contributed by atoms with Gasteiger partial charge in [-0.3, -0.25) is 14.4 Å². The summed E-state index contributed by atoms with van der Waals surface area (Å²) in [5.74, 6) is 0.327. The van der Waals surface area contributed by atoms with Crippen molar-refractivity contribution in [1.82, 2.24) is 14.8 Å². The Bertz CT molecular complexity index is 1430. The molecule has 7 nitrogen and oxygen atoms in total. The van der Waals surface area contributed by atoms with Gasteiger partial charge in [0, 0.05) is 20.9 Å². The van der Waals surface area contributed by atoms with Crippen molar-refractivity contribution in [2.45, 2.75) is 46.3 Å². The average molecular weight is 493 g/mol. The van der Waals surface area contributed by atoms with Crippen LogP contribution < -0.4 is 0 Å². The molecule has 34 heavy (non-hydrogen) atoms. The third-order valence-corrected chi connectivity index (χ3v) is 8.43. The molecule has 1 unspecified atom stereocenters. The number of aliphatic hydroxyl groups is 1. The smallest absolute Gasteiger partial charge is 0.306 e. The first-order valence-electron chi connectivity index (χ1n) is 10.9. The van der Waals surface area contributed by atoms with Gasteiger partial charge >= 0.3 is 5.97 Å². The number of thiophene rings is 2. The standard InChI is InChI=1S/C25H24N4O3S2/c1-12-14(3)34-25-21(12)22(26-19(11-20(31)32)24-28-27-15(4)29(24)25)17-7-5-16(6-8-17)18-9-10-33-23(18)13(2)30/h5-10,13,19,30H,11H2,1-4H3,(H,31,32)/t13?,19-/m0/s1. The van der Waals surface area contributed by atoms with Crippen molar-refractivity contribution < 1.29 is 15.0 Å². The van der Waals surface area contributed by atoms with E-state index in [2.05, 4.69) is 24.0 Å². The monoisotopic (exact) mass is 492 g/mol. The normalized spacial score (nSPS) is 15.9. The van der Waals surface area contributed by atoms with Gasteiger partial charge in [0.05, 0.1) is 18.2 Å². The molecule has 9 heteroatoms. The second-order valence-electron chi connectivity index (χ2n) is 8.45. The van der Waals surface area contributed by atoms with Gasteiger partial charge in [-0.2, -0.15) is 0 Å². The molecule has 5 rings (SSSR count).